The molecule has 3 aromatic heterocycles. The molecule has 8 atom stereocenters. The summed E-state index contributed by atoms with van der Waals surface area (Å²) >= 11 is 5.07. The Morgan fingerprint density at radius 2 is 0.778 bits per heavy atom. The molecule has 4 fully saturated rings. The summed E-state index contributed by atoms with van der Waals surface area (Å²) in [6.07, 6.45) is 2.66. The van der Waals surface area contributed by atoms with Crippen molar-refractivity contribution in [2.45, 2.75) is 242 Å². The lowest BCUT2D eigenvalue weighted by Gasteiger charge is -2.38. The highest BCUT2D eigenvalue weighted by molar-refractivity contribution is 9.10. The van der Waals surface area contributed by atoms with Crippen LogP contribution in [0.2, 0.25) is 0 Å². The van der Waals surface area contributed by atoms with Crippen molar-refractivity contribution in [3.05, 3.63) is 171 Å². The molecule has 8 unspecified atom stereocenters. The molecule has 0 spiro atoms. The first kappa shape index (κ1) is 95.0. The van der Waals surface area contributed by atoms with E-state index in [-0.39, 0.29) is 90.0 Å². The van der Waals surface area contributed by atoms with Crippen LogP contribution in [0.25, 0.3) is 0 Å². The molecule has 0 bridgehead atoms. The quantitative estimate of drug-likeness (QED) is 0.0455. The summed E-state index contributed by atoms with van der Waals surface area (Å²) < 4.78 is 199. The van der Waals surface area contributed by atoms with Gasteiger partial charge >= 0.3 is 0 Å². The molecule has 0 radical (unpaired) electrons. The molecule has 12 rings (SSSR count). The second-order valence-electron chi connectivity index (χ2n) is 33.2. The van der Waals surface area contributed by atoms with Crippen molar-refractivity contribution in [1.29, 1.82) is 0 Å². The Morgan fingerprint density at radius 1 is 0.444 bits per heavy atom. The Morgan fingerprint density at radius 3 is 1.14 bits per heavy atom. The minimum Gasteiger partial charge on any atom is -0.374 e. The number of aliphatic imine (C=N–C) groups is 1. The van der Waals surface area contributed by atoms with Crippen molar-refractivity contribution in [2.75, 3.05) is 71.6 Å². The van der Waals surface area contributed by atoms with E-state index in [0.29, 0.717) is 96.0 Å². The van der Waals surface area contributed by atoms with Crippen molar-refractivity contribution < 1.29 is 83.7 Å². The number of hydrogen-bond acceptors (Lipinski definition) is 24. The Hall–Kier alpha value is -5.83. The van der Waals surface area contributed by atoms with Gasteiger partial charge in [0, 0.05) is 59.6 Å². The summed E-state index contributed by atoms with van der Waals surface area (Å²) in [6.45, 7) is 28.5. The molecule has 4 aromatic carbocycles. The van der Waals surface area contributed by atoms with Crippen molar-refractivity contribution in [2.24, 2.45) is 22.7 Å². The molecule has 34 heteroatoms. The summed E-state index contributed by atoms with van der Waals surface area (Å²) in [4.78, 5) is 5.55. The van der Waals surface area contributed by atoms with Gasteiger partial charge in [0.1, 0.15) is 48.1 Å². The van der Waals surface area contributed by atoms with Gasteiger partial charge < -0.3 is 33.2 Å². The third-order valence-corrected chi connectivity index (χ3v) is 37.4. The standard InChI is InChI=1S/C22H32N2O6S2.C22H32N2O4S2.C21H29NO5S2.C18H23BrN2O4S/c1-16(2)14-31(25,26)21-12-19(24(23-21)15-29-5)20-13-22(4,9-10-30-20)32(27,28)18-8-6-7-17(3)11-18;1-16(2)14-29-21-12-19(24(23-21)15-27-5)20-13-22(4,9-10-28-20)30(25,26)18-8-6-7-17(3)11-18;1-15(2)14-28(23,24)20-11-17(13-22-20)19-12-21(4,8-9-27-19)29(25,26)18-7-5-6-16(3)10-18;1-13-5-4-6-14(9-13)26(22,23)18(2)7-8-25-16(11-18)15-10-17(19)20-21(15)12-24-3/h6-8,11-12,16,20H,9-10,13-15H2,1-5H3;6-8,11-12,16,20H,9-10,13-15H2,1-5H3;5-7,10-11,15,19H,8-9,12-14H2,1-4H3;4-6,9-10,16H,7-8,11-12H2,1-3H3. The van der Waals surface area contributed by atoms with Gasteiger partial charge in [-0.2, -0.15) is 15.3 Å². The highest BCUT2D eigenvalue weighted by atomic mass is 79.9. The number of aromatic nitrogens is 6. The zero-order chi connectivity index (χ0) is 86.1. The largest absolute Gasteiger partial charge is 0.374 e. The van der Waals surface area contributed by atoms with E-state index < -0.39 is 90.2 Å². The van der Waals surface area contributed by atoms with E-state index in [1.54, 1.807) is 128 Å². The van der Waals surface area contributed by atoms with Crippen molar-refractivity contribution in [3.8, 4) is 0 Å². The van der Waals surface area contributed by atoms with Gasteiger partial charge in [-0.05, 0) is 235 Å². The zero-order valence-corrected chi connectivity index (χ0v) is 77.4. The van der Waals surface area contributed by atoms with E-state index in [2.05, 4.69) is 50.1 Å². The van der Waals surface area contributed by atoms with Crippen LogP contribution in [0.1, 0.15) is 178 Å². The minimum atomic E-state index is -3.65. The molecular formula is C83H116BrN7O19S7. The Bertz CT molecular complexity index is 5420. The molecule has 5 aliphatic rings. The summed E-state index contributed by atoms with van der Waals surface area (Å²) in [5, 5.41) is 14.2. The number of rotatable bonds is 26. The fraction of sp³-hybridized carbons (Fsp3) is 0.566. The van der Waals surface area contributed by atoms with Crippen LogP contribution in [-0.4, -0.2) is 182 Å². The first-order valence-electron chi connectivity index (χ1n) is 39.2. The van der Waals surface area contributed by atoms with Crippen molar-refractivity contribution >= 4 is 91.8 Å². The van der Waals surface area contributed by atoms with Crippen LogP contribution in [0.3, 0.4) is 0 Å². The van der Waals surface area contributed by atoms with Crippen LogP contribution in [0.4, 0.5) is 0 Å². The maximum absolute atomic E-state index is 13.5. The lowest BCUT2D eigenvalue weighted by Crippen LogP contribution is -2.45. The van der Waals surface area contributed by atoms with Crippen LogP contribution in [0.15, 0.2) is 166 Å². The molecule has 0 saturated carbocycles. The van der Waals surface area contributed by atoms with E-state index in [9.17, 15) is 50.5 Å². The van der Waals surface area contributed by atoms with E-state index in [4.69, 9.17) is 33.2 Å². The number of aryl methyl sites for hydroxylation is 4. The van der Waals surface area contributed by atoms with E-state index in [1.807, 2.05) is 106 Å². The van der Waals surface area contributed by atoms with E-state index in [1.165, 1.54) is 17.9 Å². The fourth-order valence-electron chi connectivity index (χ4n) is 14.9. The van der Waals surface area contributed by atoms with Gasteiger partial charge in [-0.3, -0.25) is 4.99 Å². The van der Waals surface area contributed by atoms with Crippen LogP contribution in [0, 0.1) is 45.4 Å². The number of hydrogen-bond donors (Lipinski definition) is 0. The number of thioether (sulfide) groups is 1. The Labute approximate surface area is 706 Å². The molecule has 117 heavy (non-hydrogen) atoms. The first-order valence-corrected chi connectivity index (χ1v) is 50.2. The molecule has 0 aliphatic carbocycles. The number of methoxy groups -OCH3 is 3. The fourth-order valence-corrected chi connectivity index (χ4v) is 27.0. The SMILES string of the molecule is COCn1nc(Br)cc1C1CC(C)(S(=O)(=O)c2cccc(C)c2)CCO1.COCn1nc(S(=O)(=O)CC(C)C)cc1C1CC(C)(S(=O)(=O)c2cccc(C)c2)CCO1.COCn1nc(SCC(C)C)cc1C1CC(C)(S(=O)(=O)c2cccc(C)c2)CCO1.Cc1cccc(S(=O)(=O)C2(C)CCOC(C3=CC(S(=O)(=O)CC(C)C)=NC3)C2)c1. The Balaban J connectivity index is 0.000000178. The average molecular weight is 1820 g/mol. The maximum Gasteiger partial charge on any atom is 0.197 e. The molecule has 0 N–H and O–H groups in total. The minimum absolute atomic E-state index is 0.00819. The lowest BCUT2D eigenvalue weighted by atomic mass is 9.92. The second kappa shape index (κ2) is 39.1. The van der Waals surface area contributed by atoms with Gasteiger partial charge in [0.05, 0.1) is 79.8 Å². The Kier molecular flexibility index (Phi) is 31.8. The molecule has 7 aromatic rings. The maximum atomic E-state index is 13.5. The van der Waals surface area contributed by atoms with Gasteiger partial charge in [-0.15, -0.1) is 11.8 Å². The smallest absolute Gasteiger partial charge is 0.197 e. The first-order chi connectivity index (χ1) is 54.8. The lowest BCUT2D eigenvalue weighted by molar-refractivity contribution is -0.00927. The van der Waals surface area contributed by atoms with Gasteiger partial charge in [0.25, 0.3) is 0 Å². The number of benzene rings is 4. The van der Waals surface area contributed by atoms with Crippen LogP contribution >= 0.6 is 27.7 Å². The average Bonchev–Trinajstić information content (AvgIpc) is 1.68. The molecule has 4 saturated heterocycles. The summed E-state index contributed by atoms with van der Waals surface area (Å²) in [5.74, 6) is 1.49. The summed E-state index contributed by atoms with van der Waals surface area (Å²) in [7, 11) is -16.5. The molecule has 26 nitrogen and oxygen atoms in total. The second-order valence-corrected chi connectivity index (χ2v) is 48.9. The molecule has 5 aliphatic heterocycles. The van der Waals surface area contributed by atoms with E-state index >= 15 is 0 Å². The highest BCUT2D eigenvalue weighted by Crippen LogP contribution is 2.47. The van der Waals surface area contributed by atoms with Gasteiger partial charge in [-0.1, -0.05) is 90.1 Å². The normalized spacial score (nSPS) is 23.6. The molecule has 646 valence electrons. The van der Waals surface area contributed by atoms with Gasteiger partial charge in [0.15, 0.2) is 69.1 Å². The van der Waals surface area contributed by atoms with Crippen LogP contribution < -0.4 is 0 Å². The van der Waals surface area contributed by atoms with Crippen LogP contribution in [0.5, 0.6) is 0 Å². The predicted octanol–water partition coefficient (Wildman–Crippen LogP) is 14.7. The zero-order valence-electron chi connectivity index (χ0n) is 70.1. The van der Waals surface area contributed by atoms with Gasteiger partial charge in [0.2, 0.25) is 0 Å². The molecular weight excluding hydrogens is 1700 g/mol. The molecule has 8 heterocycles. The number of halogens is 1. The topological polar surface area (TPSA) is 335 Å². The van der Waals surface area contributed by atoms with Gasteiger partial charge in [-0.25, -0.2) is 64.6 Å². The van der Waals surface area contributed by atoms with Crippen molar-refractivity contribution in [1.82, 2.24) is 29.3 Å². The summed E-state index contributed by atoms with van der Waals surface area (Å²) in [5.41, 5.74) is 6.55. The summed E-state index contributed by atoms with van der Waals surface area (Å²) in [6, 6.07) is 33.4. The predicted molar refractivity (Wildman–Crippen MR) is 457 cm³/mol. The van der Waals surface area contributed by atoms with Crippen LogP contribution in [-0.2, 0) is 112 Å². The highest BCUT2D eigenvalue weighted by Gasteiger charge is 2.50. The third kappa shape index (κ3) is 22.5. The molecule has 0 amide bonds. The van der Waals surface area contributed by atoms with E-state index in [0.717, 1.165) is 50.0 Å². The van der Waals surface area contributed by atoms with Crippen molar-refractivity contribution in [3.63, 3.8) is 0 Å². The number of nitrogens with zero attached hydrogens (tertiary/aromatic N) is 7. The number of sulfone groups is 6. The third-order valence-electron chi connectivity index (χ3n) is 21.6. The number of ether oxygens (including phenoxy) is 7. The monoisotopic (exact) mass is 1820 g/mol.